The molecular weight excluding hydrogens is 450 g/mol. The summed E-state index contributed by atoms with van der Waals surface area (Å²) in [5.41, 5.74) is 7.95. The maximum atomic E-state index is 5.85. The number of benzene rings is 2. The third kappa shape index (κ3) is 8.66. The summed E-state index contributed by atoms with van der Waals surface area (Å²) in [6.07, 6.45) is 5.58. The van der Waals surface area contributed by atoms with Gasteiger partial charge in [-0.15, -0.1) is 6.58 Å². The van der Waals surface area contributed by atoms with Gasteiger partial charge in [0.05, 0.1) is 0 Å². The molecule has 0 amide bonds. The molecule has 2 aromatic carbocycles. The molecule has 3 rings (SSSR count). The number of aryl methyl sites for hydroxylation is 3. The predicted molar refractivity (Wildman–Crippen MR) is 164 cm³/mol. The Balaban J connectivity index is 0.000000348. The van der Waals surface area contributed by atoms with E-state index in [1.165, 1.54) is 35.1 Å². The van der Waals surface area contributed by atoms with Gasteiger partial charge < -0.3 is 10.1 Å². The number of allylic oxidation sites excluding steroid dienone is 2. The van der Waals surface area contributed by atoms with Gasteiger partial charge in [-0.2, -0.15) is 0 Å². The zero-order chi connectivity index (χ0) is 28.2. The van der Waals surface area contributed by atoms with Gasteiger partial charge in [-0.05, 0) is 85.3 Å². The van der Waals surface area contributed by atoms with Crippen molar-refractivity contribution < 1.29 is 4.74 Å². The average Bonchev–Trinajstić information content (AvgIpc) is 3.13. The molecule has 2 aromatic rings. The molecule has 37 heavy (non-hydrogen) atoms. The zero-order valence-corrected chi connectivity index (χ0v) is 25.3. The molecule has 2 nitrogen and oxygen atoms in total. The van der Waals surface area contributed by atoms with Crippen molar-refractivity contribution in [3.05, 3.63) is 102 Å². The fourth-order valence-corrected chi connectivity index (χ4v) is 4.94. The van der Waals surface area contributed by atoms with Crippen LogP contribution >= 0.6 is 0 Å². The van der Waals surface area contributed by atoms with Gasteiger partial charge in [0.2, 0.25) is 0 Å². The van der Waals surface area contributed by atoms with Crippen LogP contribution in [0.25, 0.3) is 0 Å². The molecule has 0 bridgehead atoms. The van der Waals surface area contributed by atoms with Gasteiger partial charge in [-0.3, -0.25) is 0 Å². The summed E-state index contributed by atoms with van der Waals surface area (Å²) in [7, 11) is 0. The Morgan fingerprint density at radius 1 is 1.03 bits per heavy atom. The third-order valence-corrected chi connectivity index (χ3v) is 8.14. The molecule has 1 unspecified atom stereocenters. The first-order valence-corrected chi connectivity index (χ1v) is 13.9. The van der Waals surface area contributed by atoms with Crippen molar-refractivity contribution in [1.82, 2.24) is 5.32 Å². The Morgan fingerprint density at radius 2 is 1.59 bits per heavy atom. The van der Waals surface area contributed by atoms with Crippen molar-refractivity contribution in [3.8, 4) is 5.75 Å². The Kier molecular flexibility index (Phi) is 13.0. The van der Waals surface area contributed by atoms with E-state index in [2.05, 4.69) is 103 Å². The number of rotatable bonds is 9. The zero-order valence-electron chi connectivity index (χ0n) is 25.3. The molecule has 0 aromatic heterocycles. The van der Waals surface area contributed by atoms with Crippen LogP contribution in [0.5, 0.6) is 5.75 Å². The van der Waals surface area contributed by atoms with E-state index in [9.17, 15) is 0 Å². The van der Waals surface area contributed by atoms with E-state index in [0.29, 0.717) is 12.5 Å². The van der Waals surface area contributed by atoms with Crippen LogP contribution in [0.1, 0.15) is 83.6 Å². The Bertz CT molecular complexity index is 994. The van der Waals surface area contributed by atoms with Crippen LogP contribution < -0.4 is 10.1 Å². The summed E-state index contributed by atoms with van der Waals surface area (Å²) in [5.74, 6) is 1.46. The molecule has 1 aliphatic rings. The monoisotopic (exact) mass is 503 g/mol. The molecule has 2 atom stereocenters. The second kappa shape index (κ2) is 14.9. The fraction of sp³-hybridized carbons (Fsp3) is 0.486. The van der Waals surface area contributed by atoms with E-state index in [1.807, 2.05) is 32.9 Å². The molecule has 1 fully saturated rings. The van der Waals surface area contributed by atoms with Crippen molar-refractivity contribution in [1.29, 1.82) is 0 Å². The predicted octanol–water partition coefficient (Wildman–Crippen LogP) is 9.77. The van der Waals surface area contributed by atoms with Crippen LogP contribution in [0.2, 0.25) is 0 Å². The first kappa shape index (κ1) is 32.3. The topological polar surface area (TPSA) is 21.3 Å². The molecule has 1 aliphatic carbocycles. The average molecular weight is 504 g/mol. The molecule has 0 radical (unpaired) electrons. The minimum absolute atomic E-state index is 0.214. The first-order chi connectivity index (χ1) is 17.4. The summed E-state index contributed by atoms with van der Waals surface area (Å²) in [6.45, 7) is 33.1. The lowest BCUT2D eigenvalue weighted by Crippen LogP contribution is -2.36. The number of ether oxygens (including phenoxy) is 1. The highest BCUT2D eigenvalue weighted by atomic mass is 16.5. The third-order valence-electron chi connectivity index (χ3n) is 8.14. The summed E-state index contributed by atoms with van der Waals surface area (Å²) < 4.78 is 5.85. The molecule has 2 heteroatoms. The van der Waals surface area contributed by atoms with Crippen LogP contribution in [0.3, 0.4) is 0 Å². The Labute approximate surface area is 228 Å². The summed E-state index contributed by atoms with van der Waals surface area (Å²) >= 11 is 0. The maximum absolute atomic E-state index is 5.85. The van der Waals surface area contributed by atoms with Crippen molar-refractivity contribution in [2.75, 3.05) is 6.54 Å². The van der Waals surface area contributed by atoms with Gasteiger partial charge in [0.1, 0.15) is 12.4 Å². The van der Waals surface area contributed by atoms with Gasteiger partial charge in [-0.1, -0.05) is 96.7 Å². The van der Waals surface area contributed by atoms with E-state index in [-0.39, 0.29) is 10.8 Å². The van der Waals surface area contributed by atoms with Crippen molar-refractivity contribution in [2.24, 2.45) is 16.7 Å². The molecule has 1 saturated carbocycles. The van der Waals surface area contributed by atoms with Crippen LogP contribution in [0, 0.1) is 30.6 Å². The van der Waals surface area contributed by atoms with Crippen LogP contribution in [0.15, 0.2) is 79.5 Å². The van der Waals surface area contributed by atoms with E-state index in [0.717, 1.165) is 30.0 Å². The lowest BCUT2D eigenvalue weighted by atomic mass is 9.65. The molecular formula is C35H53NO. The van der Waals surface area contributed by atoms with Crippen LogP contribution in [0.4, 0.5) is 0 Å². The molecule has 0 spiro atoms. The van der Waals surface area contributed by atoms with E-state index < -0.39 is 0 Å². The lowest BCUT2D eigenvalue weighted by molar-refractivity contribution is 0.150. The minimum Gasteiger partial charge on any atom is -0.489 e. The van der Waals surface area contributed by atoms with Gasteiger partial charge in [0, 0.05) is 18.2 Å². The largest absolute Gasteiger partial charge is 0.489 e. The first-order valence-electron chi connectivity index (χ1n) is 13.9. The van der Waals surface area contributed by atoms with Gasteiger partial charge in [-0.25, -0.2) is 0 Å². The molecule has 0 aliphatic heterocycles. The molecule has 1 N–H and O–H groups in total. The minimum atomic E-state index is 0.214. The molecule has 204 valence electrons. The van der Waals surface area contributed by atoms with Crippen molar-refractivity contribution in [2.45, 2.75) is 88.2 Å². The van der Waals surface area contributed by atoms with Gasteiger partial charge in [0.25, 0.3) is 0 Å². The number of nitrogens with one attached hydrogen (secondary N) is 1. The lowest BCUT2D eigenvalue weighted by Gasteiger charge is -2.40. The summed E-state index contributed by atoms with van der Waals surface area (Å²) in [6, 6.07) is 14.7. The van der Waals surface area contributed by atoms with E-state index >= 15 is 0 Å². The normalized spacial score (nSPS) is 19.4. The standard InChI is InChI=1S/C17H20O.C16H27N.C2H6/c1-4-15-8-10-16(11-9-15)18-12-17-13(2)6-5-7-14(17)3;1-8-16(7)10-9-14(15(16,5)6)13(4)17-11-12(2)3;1-2/h5-11H,4,12H2,1-3H3;8,14,17H,1-2,4,9-11H2,3,5-7H3;1-2H3/t;14?,16-;/m.1./s1. The van der Waals surface area contributed by atoms with Crippen molar-refractivity contribution in [3.63, 3.8) is 0 Å². The second-order valence-electron chi connectivity index (χ2n) is 10.9. The highest BCUT2D eigenvalue weighted by Gasteiger charge is 2.50. The highest BCUT2D eigenvalue weighted by molar-refractivity contribution is 5.34. The van der Waals surface area contributed by atoms with Crippen molar-refractivity contribution >= 4 is 0 Å². The van der Waals surface area contributed by atoms with Gasteiger partial charge in [0.15, 0.2) is 0 Å². The summed E-state index contributed by atoms with van der Waals surface area (Å²) in [4.78, 5) is 0. The Morgan fingerprint density at radius 3 is 2.05 bits per heavy atom. The van der Waals surface area contributed by atoms with E-state index in [4.69, 9.17) is 4.74 Å². The van der Waals surface area contributed by atoms with E-state index in [1.54, 1.807) is 0 Å². The SMILES string of the molecule is C=C[C@]1(C)CCC(C(=C)NCC(=C)C)C1(C)C.CC.CCc1ccc(OCc2c(C)cccc2C)cc1. The van der Waals surface area contributed by atoms with Gasteiger partial charge >= 0.3 is 0 Å². The summed E-state index contributed by atoms with van der Waals surface area (Å²) in [5, 5.41) is 3.41. The fourth-order valence-electron chi connectivity index (χ4n) is 4.94. The number of hydrogen-bond donors (Lipinski definition) is 1. The number of hydrogen-bond acceptors (Lipinski definition) is 2. The molecule has 0 saturated heterocycles. The maximum Gasteiger partial charge on any atom is 0.119 e. The second-order valence-corrected chi connectivity index (χ2v) is 10.9. The molecule has 0 heterocycles. The van der Waals surface area contributed by atoms with Crippen LogP contribution in [-0.4, -0.2) is 6.54 Å². The Hall–Kier alpha value is -2.74. The highest BCUT2D eigenvalue weighted by Crippen LogP contribution is 2.58. The smallest absolute Gasteiger partial charge is 0.119 e. The quantitative estimate of drug-likeness (QED) is 0.344. The van der Waals surface area contributed by atoms with Crippen LogP contribution in [-0.2, 0) is 13.0 Å².